The van der Waals surface area contributed by atoms with E-state index in [0.29, 0.717) is 6.61 Å². The van der Waals surface area contributed by atoms with Crippen LogP contribution in [0, 0.1) is 11.8 Å². The van der Waals surface area contributed by atoms with Crippen molar-refractivity contribution in [3.63, 3.8) is 0 Å². The number of rotatable bonds is 3. The lowest BCUT2D eigenvalue weighted by Gasteiger charge is -2.38. The monoisotopic (exact) mass is 325 g/mol. The Morgan fingerprint density at radius 1 is 1.09 bits per heavy atom. The summed E-state index contributed by atoms with van der Waals surface area (Å²) in [6.07, 6.45) is 5.76. The normalized spacial score (nSPS) is 28.5. The number of carbonyl (C=O) groups excluding carboxylic acids is 2. The van der Waals surface area contributed by atoms with Gasteiger partial charge in [-0.25, -0.2) is 4.79 Å². The molecule has 5 nitrogen and oxygen atoms in total. The van der Waals surface area contributed by atoms with E-state index in [-0.39, 0.29) is 29.9 Å². The lowest BCUT2D eigenvalue weighted by Crippen LogP contribution is -2.47. The molecule has 5 heteroatoms. The lowest BCUT2D eigenvalue weighted by atomic mass is 9.74. The summed E-state index contributed by atoms with van der Waals surface area (Å²) in [4.78, 5) is 26.7. The van der Waals surface area contributed by atoms with Gasteiger partial charge in [0.2, 0.25) is 0 Å². The van der Waals surface area contributed by atoms with Crippen LogP contribution in [0.3, 0.4) is 0 Å². The van der Waals surface area contributed by atoms with Gasteiger partial charge in [0.1, 0.15) is 5.60 Å². The highest BCUT2D eigenvalue weighted by Gasteiger charge is 2.43. The molecule has 1 aliphatic carbocycles. The molecule has 3 unspecified atom stereocenters. The average Bonchev–Trinajstić information content (AvgIpc) is 2.95. The van der Waals surface area contributed by atoms with Crippen molar-refractivity contribution in [2.24, 2.45) is 11.8 Å². The molecule has 0 spiro atoms. The molecule has 2 aliphatic rings. The zero-order chi connectivity index (χ0) is 17.0. The molecule has 0 aromatic rings. The Balaban J connectivity index is 2.10. The molecule has 3 atom stereocenters. The third kappa shape index (κ3) is 4.61. The number of esters is 1. The minimum absolute atomic E-state index is 0.0725. The molecular weight excluding hydrogens is 294 g/mol. The van der Waals surface area contributed by atoms with Crippen molar-refractivity contribution in [3.8, 4) is 0 Å². The van der Waals surface area contributed by atoms with Gasteiger partial charge in [0.05, 0.1) is 12.5 Å². The minimum atomic E-state index is -0.489. The van der Waals surface area contributed by atoms with E-state index in [9.17, 15) is 9.59 Å². The molecule has 0 aromatic heterocycles. The molecule has 2 fully saturated rings. The van der Waals surface area contributed by atoms with Gasteiger partial charge in [-0.2, -0.15) is 0 Å². The fourth-order valence-corrected chi connectivity index (χ4v) is 3.95. The molecule has 0 aromatic carbocycles. The topological polar surface area (TPSA) is 55.8 Å². The van der Waals surface area contributed by atoms with Gasteiger partial charge in [-0.3, -0.25) is 4.79 Å². The Kier molecular flexibility index (Phi) is 5.93. The van der Waals surface area contributed by atoms with Gasteiger partial charge in [0.15, 0.2) is 0 Å². The highest BCUT2D eigenvalue weighted by atomic mass is 16.6. The quantitative estimate of drug-likeness (QED) is 0.742. The van der Waals surface area contributed by atoms with E-state index in [0.717, 1.165) is 45.1 Å². The highest BCUT2D eigenvalue weighted by molar-refractivity contribution is 5.73. The number of hydrogen-bond donors (Lipinski definition) is 0. The van der Waals surface area contributed by atoms with Gasteiger partial charge in [-0.15, -0.1) is 0 Å². The van der Waals surface area contributed by atoms with E-state index in [1.807, 2.05) is 32.6 Å². The molecule has 1 saturated carbocycles. The first-order chi connectivity index (χ1) is 10.8. The average molecular weight is 325 g/mol. The SMILES string of the molecule is CCOC(=O)C1CCCCC1C1CCCN1C(=O)OC(C)(C)C. The van der Waals surface area contributed by atoms with Crippen LogP contribution in [0.15, 0.2) is 0 Å². The third-order valence-electron chi connectivity index (χ3n) is 4.83. The Hall–Kier alpha value is -1.26. The van der Waals surface area contributed by atoms with E-state index >= 15 is 0 Å². The van der Waals surface area contributed by atoms with Gasteiger partial charge in [0, 0.05) is 12.6 Å². The number of ether oxygens (including phenoxy) is 2. The van der Waals surface area contributed by atoms with Crippen LogP contribution in [-0.2, 0) is 14.3 Å². The van der Waals surface area contributed by atoms with Crippen LogP contribution in [-0.4, -0.2) is 41.8 Å². The van der Waals surface area contributed by atoms with Crippen LogP contribution in [0.2, 0.25) is 0 Å². The maximum Gasteiger partial charge on any atom is 0.410 e. The molecule has 2 rings (SSSR count). The minimum Gasteiger partial charge on any atom is -0.466 e. The number of nitrogens with zero attached hydrogens (tertiary/aromatic N) is 1. The van der Waals surface area contributed by atoms with E-state index in [4.69, 9.17) is 9.47 Å². The molecule has 1 heterocycles. The second-order valence-corrected chi connectivity index (χ2v) is 7.69. The first kappa shape index (κ1) is 18.1. The second kappa shape index (κ2) is 7.54. The fraction of sp³-hybridized carbons (Fsp3) is 0.889. The first-order valence-corrected chi connectivity index (χ1v) is 8.99. The zero-order valence-corrected chi connectivity index (χ0v) is 15.0. The summed E-state index contributed by atoms with van der Waals surface area (Å²) in [5.41, 5.74) is -0.489. The summed E-state index contributed by atoms with van der Waals surface area (Å²) in [7, 11) is 0. The van der Waals surface area contributed by atoms with E-state index in [1.165, 1.54) is 0 Å². The van der Waals surface area contributed by atoms with Gasteiger partial charge < -0.3 is 14.4 Å². The van der Waals surface area contributed by atoms with Crippen LogP contribution in [0.25, 0.3) is 0 Å². The maximum absolute atomic E-state index is 12.5. The van der Waals surface area contributed by atoms with Crippen molar-refractivity contribution in [2.45, 2.75) is 77.9 Å². The summed E-state index contributed by atoms with van der Waals surface area (Å²) < 4.78 is 10.8. The molecule has 0 bridgehead atoms. The van der Waals surface area contributed by atoms with Crippen LogP contribution >= 0.6 is 0 Å². The molecule has 0 radical (unpaired) electrons. The summed E-state index contributed by atoms with van der Waals surface area (Å²) in [5.74, 6) is 0.0443. The number of hydrogen-bond acceptors (Lipinski definition) is 4. The Morgan fingerprint density at radius 3 is 2.43 bits per heavy atom. The standard InChI is InChI=1S/C18H31NO4/c1-5-22-16(20)14-10-7-6-9-13(14)15-11-8-12-19(15)17(21)23-18(2,3)4/h13-15H,5-12H2,1-4H3. The lowest BCUT2D eigenvalue weighted by molar-refractivity contribution is -0.152. The molecule has 0 N–H and O–H groups in total. The van der Waals surface area contributed by atoms with Crippen LogP contribution < -0.4 is 0 Å². The number of amides is 1. The van der Waals surface area contributed by atoms with Gasteiger partial charge >= 0.3 is 12.1 Å². The fourth-order valence-electron chi connectivity index (χ4n) is 3.95. The van der Waals surface area contributed by atoms with Gasteiger partial charge in [-0.1, -0.05) is 12.8 Å². The van der Waals surface area contributed by atoms with E-state index < -0.39 is 5.60 Å². The molecule has 1 aliphatic heterocycles. The Bertz CT molecular complexity index is 429. The smallest absolute Gasteiger partial charge is 0.410 e. The Labute approximate surface area is 139 Å². The predicted octanol–water partition coefficient (Wildman–Crippen LogP) is 3.76. The van der Waals surface area contributed by atoms with Crippen molar-refractivity contribution >= 4 is 12.1 Å². The summed E-state index contributed by atoms with van der Waals surface area (Å²) in [5, 5.41) is 0. The Morgan fingerprint density at radius 2 is 1.78 bits per heavy atom. The maximum atomic E-state index is 12.5. The van der Waals surface area contributed by atoms with Gasteiger partial charge in [-0.05, 0) is 59.3 Å². The summed E-state index contributed by atoms with van der Waals surface area (Å²) >= 11 is 0. The van der Waals surface area contributed by atoms with Crippen molar-refractivity contribution < 1.29 is 19.1 Å². The first-order valence-electron chi connectivity index (χ1n) is 8.99. The van der Waals surface area contributed by atoms with Crippen molar-refractivity contribution in [3.05, 3.63) is 0 Å². The molecule has 1 amide bonds. The van der Waals surface area contributed by atoms with E-state index in [1.54, 1.807) is 0 Å². The number of likely N-dealkylation sites (tertiary alicyclic amines) is 1. The van der Waals surface area contributed by atoms with Gasteiger partial charge in [0.25, 0.3) is 0 Å². The summed E-state index contributed by atoms with van der Waals surface area (Å²) in [6, 6.07) is 0.111. The third-order valence-corrected chi connectivity index (χ3v) is 4.83. The summed E-state index contributed by atoms with van der Waals surface area (Å²) in [6.45, 7) is 8.65. The molecular formula is C18H31NO4. The second-order valence-electron chi connectivity index (χ2n) is 7.69. The zero-order valence-electron chi connectivity index (χ0n) is 15.0. The van der Waals surface area contributed by atoms with Crippen molar-refractivity contribution in [1.29, 1.82) is 0 Å². The molecule has 23 heavy (non-hydrogen) atoms. The predicted molar refractivity (Wildman–Crippen MR) is 88.0 cm³/mol. The number of carbonyl (C=O) groups is 2. The van der Waals surface area contributed by atoms with Crippen LogP contribution in [0.1, 0.15) is 66.2 Å². The van der Waals surface area contributed by atoms with Crippen molar-refractivity contribution in [1.82, 2.24) is 4.90 Å². The van der Waals surface area contributed by atoms with Crippen molar-refractivity contribution in [2.75, 3.05) is 13.2 Å². The van der Waals surface area contributed by atoms with Crippen LogP contribution in [0.4, 0.5) is 4.79 Å². The highest BCUT2D eigenvalue weighted by Crippen LogP contribution is 2.39. The van der Waals surface area contributed by atoms with E-state index in [2.05, 4.69) is 0 Å². The molecule has 1 saturated heterocycles. The molecule has 132 valence electrons. The van der Waals surface area contributed by atoms with Crippen LogP contribution in [0.5, 0.6) is 0 Å². The largest absolute Gasteiger partial charge is 0.466 e.